The minimum Gasteiger partial charge on any atom is -0.499 e. The number of anilines is 1. The van der Waals surface area contributed by atoms with E-state index in [1.165, 1.54) is 12.8 Å². The smallest absolute Gasteiger partial charge is 0.158 e. The second-order valence-electron chi connectivity index (χ2n) is 8.10. The van der Waals surface area contributed by atoms with Gasteiger partial charge in [0.1, 0.15) is 0 Å². The van der Waals surface area contributed by atoms with Crippen LogP contribution in [0.4, 0.5) is 5.82 Å². The van der Waals surface area contributed by atoms with Crippen LogP contribution in [0, 0.1) is 20.8 Å². The van der Waals surface area contributed by atoms with E-state index in [1.807, 2.05) is 39.0 Å². The first kappa shape index (κ1) is 23.1. The highest BCUT2D eigenvalue weighted by molar-refractivity contribution is 5.99. The lowest BCUT2D eigenvalue weighted by atomic mass is 10.1. The molecular formula is C25H36N4O2. The van der Waals surface area contributed by atoms with E-state index in [9.17, 15) is 0 Å². The van der Waals surface area contributed by atoms with Crippen LogP contribution in [-0.4, -0.2) is 40.6 Å². The van der Waals surface area contributed by atoms with Crippen molar-refractivity contribution in [3.63, 3.8) is 0 Å². The minimum atomic E-state index is 0.346. The molecule has 1 fully saturated rings. The fourth-order valence-electron chi connectivity index (χ4n) is 4.40. The van der Waals surface area contributed by atoms with Crippen LogP contribution in [0.1, 0.15) is 56.6 Å². The minimum absolute atomic E-state index is 0.346. The zero-order chi connectivity index (χ0) is 22.4. The third kappa shape index (κ3) is 5.18. The van der Waals surface area contributed by atoms with E-state index in [-0.39, 0.29) is 0 Å². The Morgan fingerprint density at radius 3 is 2.65 bits per heavy atom. The first-order valence-corrected chi connectivity index (χ1v) is 11.3. The van der Waals surface area contributed by atoms with Crippen molar-refractivity contribution < 1.29 is 9.47 Å². The van der Waals surface area contributed by atoms with Crippen LogP contribution in [0.3, 0.4) is 0 Å². The van der Waals surface area contributed by atoms with E-state index in [0.717, 1.165) is 71.1 Å². The quantitative estimate of drug-likeness (QED) is 0.414. The lowest BCUT2D eigenvalue weighted by molar-refractivity contribution is 0.0134. The Labute approximate surface area is 186 Å². The van der Waals surface area contributed by atoms with E-state index >= 15 is 0 Å². The van der Waals surface area contributed by atoms with Crippen molar-refractivity contribution in [2.45, 2.75) is 66.4 Å². The van der Waals surface area contributed by atoms with Crippen LogP contribution in [0.5, 0.6) is 0 Å². The van der Waals surface area contributed by atoms with Gasteiger partial charge in [0.2, 0.25) is 0 Å². The number of hydrogen-bond donors (Lipinski definition) is 1. The Bertz CT molecular complexity index is 981. The maximum absolute atomic E-state index is 5.86. The van der Waals surface area contributed by atoms with Gasteiger partial charge in [0.05, 0.1) is 24.2 Å². The molecule has 3 heterocycles. The van der Waals surface area contributed by atoms with Gasteiger partial charge in [0.15, 0.2) is 5.82 Å². The first-order chi connectivity index (χ1) is 15.0. The number of hydrogen-bond acceptors (Lipinski definition) is 5. The molecule has 0 aromatic carbocycles. The Balaban J connectivity index is 1.94. The normalized spacial score (nSPS) is 17.8. The summed E-state index contributed by atoms with van der Waals surface area (Å²) < 4.78 is 13.6. The van der Waals surface area contributed by atoms with E-state index in [0.29, 0.717) is 12.7 Å². The molecule has 0 bridgehead atoms. The monoisotopic (exact) mass is 424 g/mol. The van der Waals surface area contributed by atoms with Crippen LogP contribution in [0.2, 0.25) is 0 Å². The average Bonchev–Trinajstić information content (AvgIpc) is 3.03. The molecule has 0 radical (unpaired) electrons. The number of fused-ring (bicyclic) bond motifs is 1. The van der Waals surface area contributed by atoms with E-state index < -0.39 is 0 Å². The third-order valence-corrected chi connectivity index (χ3v) is 5.90. The first-order valence-electron chi connectivity index (χ1n) is 11.3. The predicted octanol–water partition coefficient (Wildman–Crippen LogP) is 5.69. The Hall–Kier alpha value is -2.60. The molecule has 1 unspecified atom stereocenters. The Morgan fingerprint density at radius 2 is 1.97 bits per heavy atom. The second-order valence-corrected chi connectivity index (χ2v) is 8.10. The van der Waals surface area contributed by atoms with Crippen LogP contribution in [-0.2, 0) is 9.47 Å². The molecule has 6 heteroatoms. The molecule has 3 rings (SSSR count). The molecule has 1 N–H and O–H groups in total. The summed E-state index contributed by atoms with van der Waals surface area (Å²) in [5, 5.41) is 14.7. The fraction of sp³-hybridized carbons (Fsp3) is 0.520. The largest absolute Gasteiger partial charge is 0.499 e. The number of rotatable bonds is 9. The second kappa shape index (κ2) is 10.6. The highest BCUT2D eigenvalue weighted by atomic mass is 16.5. The maximum atomic E-state index is 5.86. The molecule has 168 valence electrons. The molecule has 1 saturated heterocycles. The van der Waals surface area contributed by atoms with Crippen molar-refractivity contribution in [1.82, 2.24) is 14.8 Å². The molecule has 0 amide bonds. The summed E-state index contributed by atoms with van der Waals surface area (Å²) in [4.78, 5) is 0. The Morgan fingerprint density at radius 1 is 1.19 bits per heavy atom. The summed E-state index contributed by atoms with van der Waals surface area (Å²) in [7, 11) is 0. The lowest BCUT2D eigenvalue weighted by Crippen LogP contribution is -2.22. The SMILES string of the molecule is C=C/C(=C\C=C(/C)OCC)n1c(C)c2c(C)nnc(NCCC3CCCCO3)c2c1C. The number of aromatic nitrogens is 3. The average molecular weight is 425 g/mol. The summed E-state index contributed by atoms with van der Waals surface area (Å²) in [6.45, 7) is 16.6. The highest BCUT2D eigenvalue weighted by Crippen LogP contribution is 2.34. The number of nitrogens with one attached hydrogen (secondary N) is 1. The zero-order valence-electron chi connectivity index (χ0n) is 19.6. The topological polar surface area (TPSA) is 61.2 Å². The zero-order valence-corrected chi connectivity index (χ0v) is 19.6. The summed E-state index contributed by atoms with van der Waals surface area (Å²) in [6.07, 6.45) is 10.8. The van der Waals surface area contributed by atoms with E-state index in [1.54, 1.807) is 0 Å². The third-order valence-electron chi connectivity index (χ3n) is 5.90. The van der Waals surface area contributed by atoms with Gasteiger partial charge in [-0.3, -0.25) is 0 Å². The van der Waals surface area contributed by atoms with Crippen LogP contribution >= 0.6 is 0 Å². The molecule has 2 aromatic heterocycles. The van der Waals surface area contributed by atoms with Crippen molar-refractivity contribution in [3.8, 4) is 0 Å². The van der Waals surface area contributed by atoms with Crippen LogP contribution in [0.15, 0.2) is 30.6 Å². The van der Waals surface area contributed by atoms with Crippen molar-refractivity contribution in [1.29, 1.82) is 0 Å². The predicted molar refractivity (Wildman–Crippen MR) is 128 cm³/mol. The molecule has 6 nitrogen and oxygen atoms in total. The number of aryl methyl sites for hydroxylation is 3. The number of ether oxygens (including phenoxy) is 2. The summed E-state index contributed by atoms with van der Waals surface area (Å²) >= 11 is 0. The van der Waals surface area contributed by atoms with Gasteiger partial charge in [0, 0.05) is 41.0 Å². The van der Waals surface area contributed by atoms with Crippen molar-refractivity contribution in [2.75, 3.05) is 25.1 Å². The number of allylic oxidation sites excluding steroid dienone is 5. The summed E-state index contributed by atoms with van der Waals surface area (Å²) in [5.74, 6) is 1.71. The van der Waals surface area contributed by atoms with Gasteiger partial charge < -0.3 is 19.4 Å². The molecular weight excluding hydrogens is 388 g/mol. The van der Waals surface area contributed by atoms with Gasteiger partial charge in [-0.2, -0.15) is 5.10 Å². The van der Waals surface area contributed by atoms with Gasteiger partial charge in [0.25, 0.3) is 0 Å². The van der Waals surface area contributed by atoms with Crippen molar-refractivity contribution in [2.24, 2.45) is 0 Å². The molecule has 1 atom stereocenters. The lowest BCUT2D eigenvalue weighted by Gasteiger charge is -2.22. The van der Waals surface area contributed by atoms with Gasteiger partial charge in [-0.15, -0.1) is 5.10 Å². The van der Waals surface area contributed by atoms with Crippen molar-refractivity contribution >= 4 is 22.3 Å². The molecule has 31 heavy (non-hydrogen) atoms. The highest BCUT2D eigenvalue weighted by Gasteiger charge is 2.20. The summed E-state index contributed by atoms with van der Waals surface area (Å²) in [5.41, 5.74) is 4.17. The van der Waals surface area contributed by atoms with Crippen molar-refractivity contribution in [3.05, 3.63) is 47.6 Å². The summed E-state index contributed by atoms with van der Waals surface area (Å²) in [6, 6.07) is 0. The van der Waals surface area contributed by atoms with Gasteiger partial charge in [-0.25, -0.2) is 0 Å². The van der Waals surface area contributed by atoms with Crippen LogP contribution < -0.4 is 5.32 Å². The molecule has 1 aliphatic rings. The fourth-order valence-corrected chi connectivity index (χ4v) is 4.40. The Kier molecular flexibility index (Phi) is 7.91. The molecule has 0 spiro atoms. The van der Waals surface area contributed by atoms with E-state index in [2.05, 4.69) is 40.5 Å². The van der Waals surface area contributed by atoms with Gasteiger partial charge >= 0.3 is 0 Å². The molecule has 0 saturated carbocycles. The molecule has 2 aromatic rings. The molecule has 0 aliphatic carbocycles. The standard InChI is InChI=1S/C25H36N4O2/c1-7-21(13-12-17(3)30-8-2)29-19(5)23-18(4)27-28-25(24(23)20(29)6)26-15-14-22-11-9-10-16-31-22/h7,12-13,22H,1,8-11,14-16H2,2-6H3,(H,26,28)/b17-12+,21-13+. The maximum Gasteiger partial charge on any atom is 0.158 e. The van der Waals surface area contributed by atoms with Gasteiger partial charge in [-0.1, -0.05) is 6.58 Å². The van der Waals surface area contributed by atoms with Crippen LogP contribution in [0.25, 0.3) is 16.5 Å². The van der Waals surface area contributed by atoms with Gasteiger partial charge in [-0.05, 0) is 78.5 Å². The van der Waals surface area contributed by atoms with E-state index in [4.69, 9.17) is 9.47 Å². The number of nitrogens with zero attached hydrogens (tertiary/aromatic N) is 3. The molecule has 1 aliphatic heterocycles.